The Hall–Kier alpha value is -11.1. The zero-order chi connectivity index (χ0) is 62.8. The number of fused-ring (bicyclic) bond motifs is 20. The molecule has 0 saturated heterocycles. The molecule has 0 radical (unpaired) electrons. The number of anilines is 6. The van der Waals surface area contributed by atoms with E-state index in [-0.39, 0.29) is 5.41 Å². The maximum atomic E-state index is 7.14. The maximum Gasteiger partial charge on any atom is 0.144 e. The molecule has 446 valence electrons. The Bertz CT molecular complexity index is 5690. The van der Waals surface area contributed by atoms with Gasteiger partial charge in [0.1, 0.15) is 22.3 Å². The van der Waals surface area contributed by atoms with Crippen molar-refractivity contribution < 1.29 is 8.83 Å². The van der Waals surface area contributed by atoms with Gasteiger partial charge in [-0.15, -0.1) is 0 Å². The number of allylic oxidation sites excluding steroid dienone is 5. The Labute approximate surface area is 541 Å². The zero-order valence-corrected chi connectivity index (χ0v) is 53.3. The van der Waals surface area contributed by atoms with Crippen LogP contribution in [0.3, 0.4) is 0 Å². The topological polar surface area (TPSA) is 37.7 Å². The molecule has 18 rings (SSSR count). The molecule has 15 aromatic rings. The smallest absolute Gasteiger partial charge is 0.144 e. The minimum Gasteiger partial charge on any atom is -0.455 e. The van der Waals surface area contributed by atoms with E-state index in [1.165, 1.54) is 88.5 Å². The number of aromatic nitrogens is 1. The summed E-state index contributed by atoms with van der Waals surface area (Å²) >= 11 is 0. The number of nitrogens with zero attached hydrogens (tertiary/aromatic N) is 3. The summed E-state index contributed by atoms with van der Waals surface area (Å²) in [5.74, 6) is 0. The Kier molecular flexibility index (Phi) is 11.7. The molecule has 5 heteroatoms. The van der Waals surface area contributed by atoms with Crippen LogP contribution in [0.25, 0.3) is 110 Å². The van der Waals surface area contributed by atoms with E-state index in [9.17, 15) is 0 Å². The summed E-state index contributed by atoms with van der Waals surface area (Å²) < 4.78 is 16.6. The molecule has 5 nitrogen and oxygen atoms in total. The predicted molar refractivity (Wildman–Crippen MR) is 390 cm³/mol. The first-order valence-corrected chi connectivity index (χ1v) is 32.6. The normalized spacial score (nSPS) is 15.6. The summed E-state index contributed by atoms with van der Waals surface area (Å²) in [6.45, 7) is 20.9. The molecule has 0 amide bonds. The minimum atomic E-state index is -0.426. The summed E-state index contributed by atoms with van der Waals surface area (Å²) in [6.07, 6.45) is 6.43. The van der Waals surface area contributed by atoms with Crippen LogP contribution in [0.2, 0.25) is 0 Å². The van der Waals surface area contributed by atoms with Gasteiger partial charge >= 0.3 is 0 Å². The second kappa shape index (κ2) is 19.9. The van der Waals surface area contributed by atoms with Crippen LogP contribution < -0.4 is 9.80 Å². The number of para-hydroxylation sites is 6. The average Bonchev–Trinajstić information content (AvgIpc) is 1.51. The number of hydrogen-bond donors (Lipinski definition) is 0. The molecule has 0 unspecified atom stereocenters. The number of rotatable bonds is 9. The Morgan fingerprint density at radius 3 is 1.48 bits per heavy atom. The first kappa shape index (κ1) is 54.8. The molecule has 0 bridgehead atoms. The van der Waals surface area contributed by atoms with E-state index in [1.807, 2.05) is 6.08 Å². The molecule has 0 N–H and O–H groups in total. The van der Waals surface area contributed by atoms with Crippen molar-refractivity contribution in [3.05, 3.63) is 312 Å². The van der Waals surface area contributed by atoms with Crippen molar-refractivity contribution in [3.63, 3.8) is 0 Å². The Morgan fingerprint density at radius 1 is 0.387 bits per heavy atom. The van der Waals surface area contributed by atoms with E-state index < -0.39 is 10.8 Å². The molecular formula is C88H67N3O2. The van der Waals surface area contributed by atoms with Gasteiger partial charge in [0.25, 0.3) is 0 Å². The quantitative estimate of drug-likeness (QED) is 0.144. The fourth-order valence-electron chi connectivity index (χ4n) is 16.9. The van der Waals surface area contributed by atoms with E-state index in [0.29, 0.717) is 0 Å². The fourth-order valence-corrected chi connectivity index (χ4v) is 16.9. The molecule has 3 heterocycles. The highest BCUT2D eigenvalue weighted by Crippen LogP contribution is 2.64. The lowest BCUT2D eigenvalue weighted by molar-refractivity contribution is 0.598. The summed E-state index contributed by atoms with van der Waals surface area (Å²) in [5, 5.41) is 7.02. The average molecular weight is 1200 g/mol. The molecule has 0 aliphatic heterocycles. The monoisotopic (exact) mass is 1200 g/mol. The van der Waals surface area contributed by atoms with Crippen molar-refractivity contribution >= 4 is 105 Å². The largest absolute Gasteiger partial charge is 0.455 e. The third-order valence-corrected chi connectivity index (χ3v) is 21.0. The maximum absolute atomic E-state index is 7.14. The van der Waals surface area contributed by atoms with E-state index in [0.717, 1.165) is 94.9 Å². The molecule has 12 aromatic carbocycles. The van der Waals surface area contributed by atoms with E-state index in [1.54, 1.807) is 0 Å². The van der Waals surface area contributed by atoms with Gasteiger partial charge in [-0.2, -0.15) is 0 Å². The Morgan fingerprint density at radius 2 is 0.871 bits per heavy atom. The van der Waals surface area contributed by atoms with Crippen LogP contribution in [0.15, 0.2) is 288 Å². The summed E-state index contributed by atoms with van der Waals surface area (Å²) in [7, 11) is 0. The Balaban J connectivity index is 0.842. The molecule has 93 heavy (non-hydrogen) atoms. The predicted octanol–water partition coefficient (Wildman–Crippen LogP) is 24.6. The van der Waals surface area contributed by atoms with Crippen LogP contribution in [0.1, 0.15) is 81.8 Å². The van der Waals surface area contributed by atoms with Gasteiger partial charge in [-0.25, -0.2) is 0 Å². The van der Waals surface area contributed by atoms with Gasteiger partial charge in [-0.1, -0.05) is 200 Å². The van der Waals surface area contributed by atoms with Crippen LogP contribution in [0, 0.1) is 0 Å². The van der Waals surface area contributed by atoms with E-state index in [4.69, 9.17) is 8.83 Å². The lowest BCUT2D eigenvalue weighted by Crippen LogP contribution is -2.24. The number of benzene rings is 12. The van der Waals surface area contributed by atoms with Gasteiger partial charge in [0.2, 0.25) is 0 Å². The second-order valence-corrected chi connectivity index (χ2v) is 27.1. The van der Waals surface area contributed by atoms with Crippen LogP contribution in [0.4, 0.5) is 34.1 Å². The number of furan rings is 2. The van der Waals surface area contributed by atoms with Crippen LogP contribution in [0.5, 0.6) is 0 Å². The van der Waals surface area contributed by atoms with Crippen molar-refractivity contribution in [2.75, 3.05) is 9.80 Å². The highest BCUT2D eigenvalue weighted by molar-refractivity contribution is 6.22. The van der Waals surface area contributed by atoms with Crippen molar-refractivity contribution in [2.45, 2.75) is 64.7 Å². The number of hydrogen-bond acceptors (Lipinski definition) is 4. The lowest BCUT2D eigenvalue weighted by atomic mass is 9.72. The van der Waals surface area contributed by atoms with Gasteiger partial charge in [-0.3, -0.25) is 0 Å². The van der Waals surface area contributed by atoms with Gasteiger partial charge in [0, 0.05) is 99.5 Å². The fraction of sp³-hybridized carbons (Fsp3) is 0.114. The summed E-state index contributed by atoms with van der Waals surface area (Å²) in [6, 6.07) is 91.1. The molecule has 0 saturated carbocycles. The molecule has 3 aliphatic rings. The van der Waals surface area contributed by atoms with Gasteiger partial charge < -0.3 is 23.2 Å². The first-order chi connectivity index (χ1) is 45.3. The van der Waals surface area contributed by atoms with Crippen LogP contribution >= 0.6 is 0 Å². The van der Waals surface area contributed by atoms with Gasteiger partial charge in [-0.05, 0) is 189 Å². The summed E-state index contributed by atoms with van der Waals surface area (Å²) in [4.78, 5) is 4.83. The van der Waals surface area contributed by atoms with Gasteiger partial charge in [0.05, 0.1) is 11.0 Å². The first-order valence-electron chi connectivity index (χ1n) is 32.6. The third kappa shape index (κ3) is 7.68. The van der Waals surface area contributed by atoms with Crippen molar-refractivity contribution in [1.82, 2.24) is 4.57 Å². The highest BCUT2D eigenvalue weighted by atomic mass is 16.3. The van der Waals surface area contributed by atoms with E-state index in [2.05, 4.69) is 330 Å². The second-order valence-electron chi connectivity index (χ2n) is 27.1. The van der Waals surface area contributed by atoms with Crippen LogP contribution in [-0.4, -0.2) is 4.57 Å². The summed E-state index contributed by atoms with van der Waals surface area (Å²) in [5.41, 5.74) is 29.8. The molecule has 0 atom stereocenters. The molecule has 3 aliphatic carbocycles. The standard InChI is InChI=1S/C88H67N3O2/c1-9-26-63-69(10-2)87(5,6)83-81(63)85-80(67-35-22-25-38-76(67)93-85)78-65-48-45-60(51-71(65)88(7,8)82(78)83)90(58-42-40-57(41-43-58)89(54-27-14-11-15-28-54)55-29-16-12-17-30-55)59-44-47-64-70(50-59)86(3,4)72-52-68(84-79(77(64)72)66-34-21-24-37-75(66)92-84)53-39-46-62-61-33-20-23-36-73(61)91(74(62)49-53)56-31-18-13-19-32-56/h9-52H,1H2,2-8H3/b63-26?,69-10+. The minimum absolute atomic E-state index is 0.319. The van der Waals surface area contributed by atoms with Crippen molar-refractivity contribution in [1.29, 1.82) is 0 Å². The van der Waals surface area contributed by atoms with Crippen molar-refractivity contribution in [3.8, 4) is 39.1 Å². The van der Waals surface area contributed by atoms with E-state index >= 15 is 0 Å². The molecular weight excluding hydrogens is 1130 g/mol. The highest BCUT2D eigenvalue weighted by Gasteiger charge is 2.50. The molecule has 3 aromatic heterocycles. The SMILES string of the molecule is C=CC=C1/C(=C\C)C(C)(C)c2c3c(c4c(oc5ccccc54)c21)-c1ccc(N(c2ccc(N(c4ccccc4)c4ccccc4)cc2)c2ccc4c(c2)C(C)(C)c2cc(-c5ccc6c7ccccc7n(-c7ccccc7)c6c5)c5oc6ccccc6c5c2-4)cc1C3(C)C. The molecule has 0 spiro atoms. The lowest BCUT2D eigenvalue weighted by Gasteiger charge is -2.32. The van der Waals surface area contributed by atoms with Crippen molar-refractivity contribution in [2.24, 2.45) is 0 Å². The van der Waals surface area contributed by atoms with Gasteiger partial charge in [0.15, 0.2) is 0 Å². The third-order valence-electron chi connectivity index (χ3n) is 21.0. The zero-order valence-electron chi connectivity index (χ0n) is 53.3. The van der Waals surface area contributed by atoms with Crippen LogP contribution in [-0.2, 0) is 16.2 Å². The molecule has 0 fully saturated rings.